The van der Waals surface area contributed by atoms with E-state index in [0.29, 0.717) is 23.9 Å². The van der Waals surface area contributed by atoms with E-state index >= 15 is 0 Å². The van der Waals surface area contributed by atoms with Gasteiger partial charge in [0.2, 0.25) is 0 Å². The van der Waals surface area contributed by atoms with E-state index < -0.39 is 10.0 Å². The second-order valence-corrected chi connectivity index (χ2v) is 6.36. The molecule has 1 aromatic carbocycles. The van der Waals surface area contributed by atoms with Gasteiger partial charge in [0.1, 0.15) is 4.90 Å². The molecule has 0 bridgehead atoms. The van der Waals surface area contributed by atoms with Crippen LogP contribution in [0.25, 0.3) is 0 Å². The molecule has 0 aliphatic rings. The number of benzene rings is 1. The van der Waals surface area contributed by atoms with Crippen LogP contribution in [0.3, 0.4) is 0 Å². The summed E-state index contributed by atoms with van der Waals surface area (Å²) in [5.41, 5.74) is 6.12. The molecule has 0 unspecified atom stereocenters. The summed E-state index contributed by atoms with van der Waals surface area (Å²) in [7, 11) is -2.21. The number of halogens is 1. The molecule has 2 rings (SSSR count). The number of methoxy groups -OCH3 is 1. The molecule has 0 spiro atoms. The zero-order valence-corrected chi connectivity index (χ0v) is 12.9. The Balaban J connectivity index is 2.19. The molecule has 0 saturated carbocycles. The maximum atomic E-state index is 12.3. The number of hydrogen-bond acceptors (Lipinski definition) is 5. The van der Waals surface area contributed by atoms with E-state index in [1.165, 1.54) is 24.4 Å². The molecule has 0 fully saturated rings. The molecule has 1 aromatic heterocycles. The van der Waals surface area contributed by atoms with Crippen LogP contribution in [0.5, 0.6) is 0 Å². The lowest BCUT2D eigenvalue weighted by molar-refractivity contribution is 0.183. The summed E-state index contributed by atoms with van der Waals surface area (Å²) in [6.45, 7) is 1.01. The normalized spacial score (nSPS) is 11.5. The fourth-order valence-electron chi connectivity index (χ4n) is 1.70. The second-order valence-electron chi connectivity index (χ2n) is 4.27. The van der Waals surface area contributed by atoms with Crippen LogP contribution in [0.4, 0.5) is 11.4 Å². The third-order valence-electron chi connectivity index (χ3n) is 2.67. The van der Waals surface area contributed by atoms with E-state index in [1.807, 2.05) is 0 Å². The second kappa shape index (κ2) is 6.33. The van der Waals surface area contributed by atoms with Crippen molar-refractivity contribution in [1.82, 2.24) is 9.78 Å². The van der Waals surface area contributed by atoms with Crippen molar-refractivity contribution in [2.75, 3.05) is 24.2 Å². The number of nitrogen functional groups attached to an aromatic ring is 1. The lowest BCUT2D eigenvalue weighted by Crippen LogP contribution is -2.14. The maximum Gasteiger partial charge on any atom is 0.264 e. The van der Waals surface area contributed by atoms with Gasteiger partial charge in [0.25, 0.3) is 10.0 Å². The summed E-state index contributed by atoms with van der Waals surface area (Å²) in [4.78, 5) is -0.0310. The van der Waals surface area contributed by atoms with E-state index in [4.69, 9.17) is 22.1 Å². The highest BCUT2D eigenvalue weighted by Crippen LogP contribution is 2.24. The molecular formula is C12H15ClN4O3S. The summed E-state index contributed by atoms with van der Waals surface area (Å²) in [5.74, 6) is 0. The Bertz CT molecular complexity index is 730. The molecular weight excluding hydrogens is 316 g/mol. The van der Waals surface area contributed by atoms with Crippen molar-refractivity contribution >= 4 is 33.0 Å². The van der Waals surface area contributed by atoms with E-state index in [-0.39, 0.29) is 10.6 Å². The SMILES string of the molecule is COCCn1cc(NS(=O)(=O)c2ccc(Cl)cc2N)cn1. The molecule has 2 aromatic rings. The summed E-state index contributed by atoms with van der Waals surface area (Å²) in [5, 5.41) is 4.40. The van der Waals surface area contributed by atoms with E-state index in [0.717, 1.165) is 0 Å². The largest absolute Gasteiger partial charge is 0.398 e. The van der Waals surface area contributed by atoms with Gasteiger partial charge in [-0.25, -0.2) is 8.42 Å². The van der Waals surface area contributed by atoms with Crippen molar-refractivity contribution in [2.45, 2.75) is 11.4 Å². The number of nitrogens with one attached hydrogen (secondary N) is 1. The summed E-state index contributed by atoms with van der Waals surface area (Å²) >= 11 is 5.76. The third kappa shape index (κ3) is 3.87. The van der Waals surface area contributed by atoms with Crippen molar-refractivity contribution in [3.05, 3.63) is 35.6 Å². The molecule has 0 radical (unpaired) electrons. The van der Waals surface area contributed by atoms with Crippen LogP contribution in [0.1, 0.15) is 0 Å². The molecule has 0 amide bonds. The van der Waals surface area contributed by atoms with Gasteiger partial charge < -0.3 is 10.5 Å². The average Bonchev–Trinajstić information content (AvgIpc) is 2.82. The molecule has 0 aliphatic carbocycles. The van der Waals surface area contributed by atoms with E-state index in [1.54, 1.807) is 18.0 Å². The van der Waals surface area contributed by atoms with Crippen LogP contribution >= 0.6 is 11.6 Å². The molecule has 114 valence electrons. The average molecular weight is 331 g/mol. The van der Waals surface area contributed by atoms with Crippen LogP contribution in [-0.4, -0.2) is 31.9 Å². The number of anilines is 2. The van der Waals surface area contributed by atoms with E-state index in [2.05, 4.69) is 9.82 Å². The fourth-order valence-corrected chi connectivity index (χ4v) is 3.02. The smallest absolute Gasteiger partial charge is 0.264 e. The van der Waals surface area contributed by atoms with Gasteiger partial charge in [-0.1, -0.05) is 11.6 Å². The lowest BCUT2D eigenvalue weighted by atomic mass is 10.3. The third-order valence-corrected chi connectivity index (χ3v) is 4.36. The highest BCUT2D eigenvalue weighted by atomic mass is 35.5. The Morgan fingerprint density at radius 1 is 1.48 bits per heavy atom. The molecule has 0 atom stereocenters. The first-order chi connectivity index (χ1) is 9.92. The zero-order valence-electron chi connectivity index (χ0n) is 11.3. The minimum Gasteiger partial charge on any atom is -0.398 e. The molecule has 0 saturated heterocycles. The highest BCUT2D eigenvalue weighted by Gasteiger charge is 2.18. The number of aromatic nitrogens is 2. The Morgan fingerprint density at radius 3 is 2.90 bits per heavy atom. The lowest BCUT2D eigenvalue weighted by Gasteiger charge is -2.08. The van der Waals surface area contributed by atoms with Crippen LogP contribution in [0, 0.1) is 0 Å². The number of nitrogens with zero attached hydrogens (tertiary/aromatic N) is 2. The molecule has 9 heteroatoms. The number of hydrogen-bond donors (Lipinski definition) is 2. The number of ether oxygens (including phenoxy) is 1. The Labute approximate surface area is 127 Å². The number of rotatable bonds is 6. The van der Waals surface area contributed by atoms with Gasteiger partial charge in [-0.15, -0.1) is 0 Å². The number of nitrogens with two attached hydrogens (primary N) is 1. The van der Waals surface area contributed by atoms with E-state index in [9.17, 15) is 8.42 Å². The van der Waals surface area contributed by atoms with Gasteiger partial charge >= 0.3 is 0 Å². The molecule has 0 aliphatic heterocycles. The Hall–Kier alpha value is -1.77. The molecule has 7 nitrogen and oxygen atoms in total. The highest BCUT2D eigenvalue weighted by molar-refractivity contribution is 7.92. The first-order valence-electron chi connectivity index (χ1n) is 6.01. The van der Waals surface area contributed by atoms with Gasteiger partial charge in [0.15, 0.2) is 0 Å². The van der Waals surface area contributed by atoms with Gasteiger partial charge in [0, 0.05) is 18.3 Å². The predicted molar refractivity (Wildman–Crippen MR) is 80.8 cm³/mol. The van der Waals surface area contributed by atoms with Crippen molar-refractivity contribution in [3.63, 3.8) is 0 Å². The summed E-state index contributed by atoms with van der Waals surface area (Å²) < 4.78 is 33.4. The van der Waals surface area contributed by atoms with Crippen molar-refractivity contribution < 1.29 is 13.2 Å². The van der Waals surface area contributed by atoms with Gasteiger partial charge in [-0.2, -0.15) is 5.10 Å². The monoisotopic (exact) mass is 330 g/mol. The Kier molecular flexibility index (Phi) is 4.71. The van der Waals surface area contributed by atoms with Gasteiger partial charge in [-0.05, 0) is 18.2 Å². The van der Waals surface area contributed by atoms with Crippen molar-refractivity contribution in [1.29, 1.82) is 0 Å². The quantitative estimate of drug-likeness (QED) is 0.783. The first kappa shape index (κ1) is 15.6. The van der Waals surface area contributed by atoms with Crippen molar-refractivity contribution in [2.24, 2.45) is 0 Å². The minimum atomic E-state index is -3.79. The van der Waals surface area contributed by atoms with Crippen LogP contribution in [0.15, 0.2) is 35.5 Å². The van der Waals surface area contributed by atoms with Crippen molar-refractivity contribution in [3.8, 4) is 0 Å². The number of sulfonamides is 1. The molecule has 3 N–H and O–H groups in total. The van der Waals surface area contributed by atoms with Gasteiger partial charge in [0.05, 0.1) is 30.7 Å². The molecule has 1 heterocycles. The predicted octanol–water partition coefficient (Wildman–Crippen LogP) is 1.57. The van der Waals surface area contributed by atoms with Gasteiger partial charge in [-0.3, -0.25) is 9.40 Å². The first-order valence-corrected chi connectivity index (χ1v) is 7.88. The standard InChI is InChI=1S/C12H15ClN4O3S/c1-20-5-4-17-8-10(7-15-17)16-21(18,19)12-3-2-9(13)6-11(12)14/h2-3,6-8,16H,4-5,14H2,1H3. The van der Waals surface area contributed by atoms with Crippen LogP contribution < -0.4 is 10.5 Å². The summed E-state index contributed by atoms with van der Waals surface area (Å²) in [6, 6.07) is 4.21. The minimum absolute atomic E-state index is 0.0310. The Morgan fingerprint density at radius 2 is 2.24 bits per heavy atom. The zero-order chi connectivity index (χ0) is 15.5. The topological polar surface area (TPSA) is 99.2 Å². The fraction of sp³-hybridized carbons (Fsp3) is 0.250. The summed E-state index contributed by atoms with van der Waals surface area (Å²) in [6.07, 6.45) is 2.99. The molecule has 21 heavy (non-hydrogen) atoms. The maximum absolute atomic E-state index is 12.3. The van der Waals surface area contributed by atoms with Crippen LogP contribution in [-0.2, 0) is 21.3 Å². The van der Waals surface area contributed by atoms with Crippen LogP contribution in [0.2, 0.25) is 5.02 Å².